The van der Waals surface area contributed by atoms with E-state index < -0.39 is 0 Å². The van der Waals surface area contributed by atoms with Gasteiger partial charge in [-0.3, -0.25) is 14.6 Å². The third kappa shape index (κ3) is 5.18. The van der Waals surface area contributed by atoms with Gasteiger partial charge >= 0.3 is 0 Å². The number of benzene rings is 2. The molecule has 0 saturated carbocycles. The van der Waals surface area contributed by atoms with Crippen LogP contribution in [0.15, 0.2) is 53.3 Å². The summed E-state index contributed by atoms with van der Waals surface area (Å²) in [5.41, 5.74) is 3.04. The fourth-order valence-corrected chi connectivity index (χ4v) is 3.93. The van der Waals surface area contributed by atoms with Crippen LogP contribution in [-0.2, 0) is 6.54 Å². The molecule has 5 nitrogen and oxygen atoms in total. The molecule has 1 fully saturated rings. The number of fused-ring (bicyclic) bond motifs is 1. The van der Waals surface area contributed by atoms with Gasteiger partial charge < -0.3 is 9.72 Å². The van der Waals surface area contributed by atoms with E-state index in [0.29, 0.717) is 6.61 Å². The second-order valence-electron chi connectivity index (χ2n) is 7.62. The molecule has 0 amide bonds. The number of nitrogens with zero attached hydrogens (tertiary/aromatic N) is 2. The van der Waals surface area contributed by atoms with E-state index in [1.807, 2.05) is 37.3 Å². The topological polar surface area (TPSA) is 48.6 Å². The van der Waals surface area contributed by atoms with Crippen molar-refractivity contribution in [3.8, 4) is 5.75 Å². The van der Waals surface area contributed by atoms with Crippen LogP contribution in [-0.4, -0.2) is 54.1 Å². The number of halogens is 1. The van der Waals surface area contributed by atoms with Gasteiger partial charge in [-0.1, -0.05) is 23.7 Å². The first-order chi connectivity index (χ1) is 14.1. The molecule has 1 aliphatic heterocycles. The molecular weight excluding hydrogens is 386 g/mol. The normalized spacial score (nSPS) is 15.7. The minimum absolute atomic E-state index is 0.0705. The van der Waals surface area contributed by atoms with Crippen LogP contribution in [0, 0.1) is 6.92 Å². The molecule has 0 radical (unpaired) electrons. The SMILES string of the molecule is Cc1cc(=O)[nH]c2ccc(OCCN3CCN(Cc4ccc(Cl)cc4)CC3)cc12. The van der Waals surface area contributed by atoms with Crippen LogP contribution < -0.4 is 10.3 Å². The number of nitrogens with one attached hydrogen (secondary N) is 1. The van der Waals surface area contributed by atoms with E-state index in [0.717, 1.165) is 66.5 Å². The van der Waals surface area contributed by atoms with E-state index in [1.165, 1.54) is 5.56 Å². The van der Waals surface area contributed by atoms with Gasteiger partial charge in [-0.15, -0.1) is 0 Å². The van der Waals surface area contributed by atoms with E-state index >= 15 is 0 Å². The number of ether oxygens (including phenoxy) is 1. The second kappa shape index (κ2) is 8.99. The number of H-pyrrole nitrogens is 1. The number of hydrogen-bond acceptors (Lipinski definition) is 4. The van der Waals surface area contributed by atoms with Crippen LogP contribution in [0.3, 0.4) is 0 Å². The predicted octanol–water partition coefficient (Wildman–Crippen LogP) is 3.69. The first kappa shape index (κ1) is 20.0. The zero-order valence-corrected chi connectivity index (χ0v) is 17.4. The van der Waals surface area contributed by atoms with Crippen molar-refractivity contribution in [2.24, 2.45) is 0 Å². The molecule has 1 aliphatic rings. The molecular formula is C23H26ClN3O2. The van der Waals surface area contributed by atoms with Crippen LogP contribution in [0.4, 0.5) is 0 Å². The van der Waals surface area contributed by atoms with Crippen molar-refractivity contribution in [1.82, 2.24) is 14.8 Å². The monoisotopic (exact) mass is 411 g/mol. The smallest absolute Gasteiger partial charge is 0.248 e. The largest absolute Gasteiger partial charge is 0.492 e. The molecule has 6 heteroatoms. The quantitative estimate of drug-likeness (QED) is 0.672. The molecule has 29 heavy (non-hydrogen) atoms. The van der Waals surface area contributed by atoms with Crippen LogP contribution in [0.2, 0.25) is 5.02 Å². The summed E-state index contributed by atoms with van der Waals surface area (Å²) in [6, 6.07) is 15.6. The molecule has 2 aromatic carbocycles. The van der Waals surface area contributed by atoms with Gasteiger partial charge in [0.15, 0.2) is 0 Å². The zero-order chi connectivity index (χ0) is 20.2. The van der Waals surface area contributed by atoms with Gasteiger partial charge in [-0.25, -0.2) is 0 Å². The first-order valence-electron chi connectivity index (χ1n) is 10.0. The summed E-state index contributed by atoms with van der Waals surface area (Å²) in [6.45, 7) is 8.72. The van der Waals surface area contributed by atoms with Crippen molar-refractivity contribution >= 4 is 22.5 Å². The maximum atomic E-state index is 11.6. The maximum absolute atomic E-state index is 11.6. The van der Waals surface area contributed by atoms with Crippen molar-refractivity contribution < 1.29 is 4.74 Å². The van der Waals surface area contributed by atoms with Gasteiger partial charge in [0.25, 0.3) is 0 Å². The van der Waals surface area contributed by atoms with Crippen LogP contribution in [0.25, 0.3) is 10.9 Å². The third-order valence-electron chi connectivity index (χ3n) is 5.48. The second-order valence-corrected chi connectivity index (χ2v) is 8.05. The molecule has 0 spiro atoms. The summed E-state index contributed by atoms with van der Waals surface area (Å²) in [5.74, 6) is 0.842. The standard InChI is InChI=1S/C23H26ClN3O2/c1-17-14-23(28)25-22-7-6-20(15-21(17)22)29-13-12-26-8-10-27(11-9-26)16-18-2-4-19(24)5-3-18/h2-7,14-15H,8-13,16H2,1H3,(H,25,28). The van der Waals surface area contributed by atoms with Gasteiger partial charge in [0, 0.05) is 61.3 Å². The molecule has 0 atom stereocenters. The van der Waals surface area contributed by atoms with E-state index in [-0.39, 0.29) is 5.56 Å². The summed E-state index contributed by atoms with van der Waals surface area (Å²) in [4.78, 5) is 19.4. The van der Waals surface area contributed by atoms with Crippen LogP contribution >= 0.6 is 11.6 Å². The third-order valence-corrected chi connectivity index (χ3v) is 5.73. The Morgan fingerprint density at radius 1 is 1.00 bits per heavy atom. The molecule has 1 saturated heterocycles. The summed E-state index contributed by atoms with van der Waals surface area (Å²) >= 11 is 5.96. The number of piperazine rings is 1. The van der Waals surface area contributed by atoms with Gasteiger partial charge in [0.05, 0.1) is 0 Å². The lowest BCUT2D eigenvalue weighted by Gasteiger charge is -2.34. The number of aryl methyl sites for hydroxylation is 1. The number of hydrogen-bond donors (Lipinski definition) is 1. The van der Waals surface area contributed by atoms with E-state index in [4.69, 9.17) is 16.3 Å². The Hall–Kier alpha value is -2.34. The van der Waals surface area contributed by atoms with E-state index in [1.54, 1.807) is 6.07 Å². The first-order valence-corrected chi connectivity index (χ1v) is 10.4. The highest BCUT2D eigenvalue weighted by atomic mass is 35.5. The summed E-state index contributed by atoms with van der Waals surface area (Å²) in [7, 11) is 0. The molecule has 0 bridgehead atoms. The fraction of sp³-hybridized carbons (Fsp3) is 0.348. The van der Waals surface area contributed by atoms with E-state index in [9.17, 15) is 4.79 Å². The minimum atomic E-state index is -0.0705. The lowest BCUT2D eigenvalue weighted by Crippen LogP contribution is -2.47. The highest BCUT2D eigenvalue weighted by Crippen LogP contribution is 2.21. The molecule has 4 rings (SSSR count). The van der Waals surface area contributed by atoms with Crippen molar-refractivity contribution in [1.29, 1.82) is 0 Å². The Morgan fingerprint density at radius 3 is 2.48 bits per heavy atom. The average molecular weight is 412 g/mol. The van der Waals surface area contributed by atoms with Crippen molar-refractivity contribution in [2.45, 2.75) is 13.5 Å². The van der Waals surface area contributed by atoms with Crippen LogP contribution in [0.1, 0.15) is 11.1 Å². The molecule has 0 aliphatic carbocycles. The lowest BCUT2D eigenvalue weighted by atomic mass is 10.1. The van der Waals surface area contributed by atoms with Crippen molar-refractivity contribution in [2.75, 3.05) is 39.3 Å². The molecule has 1 aromatic heterocycles. The van der Waals surface area contributed by atoms with Crippen LogP contribution in [0.5, 0.6) is 5.75 Å². The summed E-state index contributed by atoms with van der Waals surface area (Å²) in [6.07, 6.45) is 0. The molecule has 3 aromatic rings. The Morgan fingerprint density at radius 2 is 1.72 bits per heavy atom. The zero-order valence-electron chi connectivity index (χ0n) is 16.7. The van der Waals surface area contributed by atoms with Gasteiger partial charge in [-0.05, 0) is 48.4 Å². The Bertz CT molecular complexity index is 1020. The molecule has 2 heterocycles. The lowest BCUT2D eigenvalue weighted by molar-refractivity contribution is 0.112. The maximum Gasteiger partial charge on any atom is 0.248 e. The van der Waals surface area contributed by atoms with E-state index in [2.05, 4.69) is 26.9 Å². The Labute approximate surface area is 175 Å². The highest BCUT2D eigenvalue weighted by Gasteiger charge is 2.16. The predicted molar refractivity (Wildman–Crippen MR) is 118 cm³/mol. The van der Waals surface area contributed by atoms with Gasteiger partial charge in [0.2, 0.25) is 5.56 Å². The Balaban J connectivity index is 1.24. The summed E-state index contributed by atoms with van der Waals surface area (Å²) in [5, 5.41) is 1.81. The fourth-order valence-electron chi connectivity index (χ4n) is 3.80. The molecule has 152 valence electrons. The molecule has 1 N–H and O–H groups in total. The number of pyridine rings is 1. The van der Waals surface area contributed by atoms with Gasteiger partial charge in [-0.2, -0.15) is 0 Å². The summed E-state index contributed by atoms with van der Waals surface area (Å²) < 4.78 is 5.98. The Kier molecular flexibility index (Phi) is 6.19. The van der Waals surface area contributed by atoms with Crippen molar-refractivity contribution in [3.63, 3.8) is 0 Å². The minimum Gasteiger partial charge on any atom is -0.492 e. The highest BCUT2D eigenvalue weighted by molar-refractivity contribution is 6.30. The number of aromatic nitrogens is 1. The number of aromatic amines is 1. The number of rotatable bonds is 6. The van der Waals surface area contributed by atoms with Gasteiger partial charge in [0.1, 0.15) is 12.4 Å². The molecule has 0 unspecified atom stereocenters. The van der Waals surface area contributed by atoms with Crippen molar-refractivity contribution in [3.05, 3.63) is 75.0 Å². The average Bonchev–Trinajstić information content (AvgIpc) is 2.71.